The average molecular weight is 259 g/mol. The Morgan fingerprint density at radius 3 is 2.63 bits per heavy atom. The highest BCUT2D eigenvalue weighted by Gasteiger charge is 2.04. The zero-order valence-corrected chi connectivity index (χ0v) is 11.8. The first-order chi connectivity index (χ1) is 9.15. The molecule has 0 saturated carbocycles. The number of likely N-dealkylation sites (N-methyl/N-ethyl adjacent to an activating group) is 1. The van der Waals surface area contributed by atoms with E-state index in [0.29, 0.717) is 6.61 Å². The van der Waals surface area contributed by atoms with Crippen LogP contribution in [0.5, 0.6) is 5.75 Å². The number of aromatic nitrogens is 2. The van der Waals surface area contributed by atoms with Gasteiger partial charge in [0, 0.05) is 26.0 Å². The molecule has 0 spiro atoms. The lowest BCUT2D eigenvalue weighted by Gasteiger charge is -2.16. The lowest BCUT2D eigenvalue weighted by Crippen LogP contribution is -2.25. The van der Waals surface area contributed by atoms with E-state index < -0.39 is 0 Å². The van der Waals surface area contributed by atoms with E-state index in [2.05, 4.69) is 36.0 Å². The fourth-order valence-electron chi connectivity index (χ4n) is 1.82. The van der Waals surface area contributed by atoms with E-state index in [-0.39, 0.29) is 0 Å². The molecule has 0 aliphatic carbocycles. The van der Waals surface area contributed by atoms with E-state index in [1.807, 2.05) is 36.1 Å². The molecule has 0 fully saturated rings. The molecule has 4 heteroatoms. The van der Waals surface area contributed by atoms with Crippen LogP contribution in [0.25, 0.3) is 0 Å². The van der Waals surface area contributed by atoms with Crippen molar-refractivity contribution in [3.63, 3.8) is 0 Å². The number of benzene rings is 1. The van der Waals surface area contributed by atoms with Gasteiger partial charge in [0.25, 0.3) is 0 Å². The van der Waals surface area contributed by atoms with E-state index >= 15 is 0 Å². The van der Waals surface area contributed by atoms with Gasteiger partial charge in [-0.15, -0.1) is 0 Å². The first-order valence-electron chi connectivity index (χ1n) is 6.49. The minimum absolute atomic E-state index is 0.685. The summed E-state index contributed by atoms with van der Waals surface area (Å²) in [5.41, 5.74) is 1.25. The second-order valence-electron chi connectivity index (χ2n) is 4.85. The molecular weight excluding hydrogens is 238 g/mol. The summed E-state index contributed by atoms with van der Waals surface area (Å²) in [5, 5.41) is 0. The van der Waals surface area contributed by atoms with Gasteiger partial charge in [-0.3, -0.25) is 4.90 Å². The van der Waals surface area contributed by atoms with Gasteiger partial charge in [0.2, 0.25) is 0 Å². The number of hydrogen-bond donors (Lipinski definition) is 0. The summed E-state index contributed by atoms with van der Waals surface area (Å²) in [6.45, 7) is 4.47. The Morgan fingerprint density at radius 1 is 1.26 bits per heavy atom. The normalized spacial score (nSPS) is 10.9. The second kappa shape index (κ2) is 6.38. The Kier molecular flexibility index (Phi) is 4.58. The lowest BCUT2D eigenvalue weighted by molar-refractivity contribution is 0.228. The van der Waals surface area contributed by atoms with E-state index in [0.717, 1.165) is 24.7 Å². The zero-order chi connectivity index (χ0) is 13.7. The third kappa shape index (κ3) is 4.10. The van der Waals surface area contributed by atoms with E-state index in [9.17, 15) is 0 Å². The number of nitrogens with zero attached hydrogens (tertiary/aromatic N) is 3. The number of ether oxygens (including phenoxy) is 1. The highest BCUT2D eigenvalue weighted by Crippen LogP contribution is 2.11. The summed E-state index contributed by atoms with van der Waals surface area (Å²) in [5.74, 6) is 1.99. The Labute approximate surface area is 114 Å². The molecule has 0 radical (unpaired) electrons. The highest BCUT2D eigenvalue weighted by molar-refractivity contribution is 5.26. The Hall–Kier alpha value is -1.81. The molecule has 1 heterocycles. The van der Waals surface area contributed by atoms with E-state index in [1.165, 1.54) is 5.56 Å². The third-order valence-corrected chi connectivity index (χ3v) is 3.10. The SMILES string of the molecule is Cc1ccc(OCCN(C)Cc2nccn2C)cc1. The molecule has 1 aromatic carbocycles. The average Bonchev–Trinajstić information content (AvgIpc) is 2.78. The first kappa shape index (κ1) is 13.6. The topological polar surface area (TPSA) is 30.3 Å². The molecule has 0 N–H and O–H groups in total. The molecule has 0 unspecified atom stereocenters. The smallest absolute Gasteiger partial charge is 0.122 e. The fourth-order valence-corrected chi connectivity index (χ4v) is 1.82. The summed E-state index contributed by atoms with van der Waals surface area (Å²) < 4.78 is 7.75. The largest absolute Gasteiger partial charge is 0.492 e. The summed E-state index contributed by atoms with van der Waals surface area (Å²) in [7, 11) is 4.09. The van der Waals surface area contributed by atoms with Crippen molar-refractivity contribution in [1.29, 1.82) is 0 Å². The van der Waals surface area contributed by atoms with Crippen molar-refractivity contribution in [2.45, 2.75) is 13.5 Å². The monoisotopic (exact) mass is 259 g/mol. The van der Waals surface area contributed by atoms with Gasteiger partial charge >= 0.3 is 0 Å². The molecule has 0 amide bonds. The standard InChI is InChI=1S/C15H21N3O/c1-13-4-6-14(7-5-13)19-11-10-17(2)12-15-16-8-9-18(15)3/h4-9H,10-12H2,1-3H3. The zero-order valence-electron chi connectivity index (χ0n) is 11.8. The van der Waals surface area contributed by atoms with Gasteiger partial charge in [-0.2, -0.15) is 0 Å². The predicted molar refractivity (Wildman–Crippen MR) is 76.2 cm³/mol. The first-order valence-corrected chi connectivity index (χ1v) is 6.49. The summed E-state index contributed by atoms with van der Waals surface area (Å²) in [6, 6.07) is 8.14. The maximum atomic E-state index is 5.71. The molecule has 0 aliphatic heterocycles. The third-order valence-electron chi connectivity index (χ3n) is 3.10. The molecule has 0 aliphatic rings. The van der Waals surface area contributed by atoms with Crippen LogP contribution < -0.4 is 4.74 Å². The van der Waals surface area contributed by atoms with Crippen LogP contribution in [-0.2, 0) is 13.6 Å². The number of imidazole rings is 1. The molecule has 102 valence electrons. The molecule has 4 nitrogen and oxygen atoms in total. The lowest BCUT2D eigenvalue weighted by atomic mass is 10.2. The molecular formula is C15H21N3O. The number of hydrogen-bond acceptors (Lipinski definition) is 3. The van der Waals surface area contributed by atoms with Crippen molar-refractivity contribution in [2.75, 3.05) is 20.2 Å². The van der Waals surface area contributed by atoms with Crippen LogP contribution >= 0.6 is 0 Å². The molecule has 19 heavy (non-hydrogen) atoms. The van der Waals surface area contributed by atoms with Gasteiger partial charge in [-0.1, -0.05) is 17.7 Å². The Balaban J connectivity index is 1.73. The number of rotatable bonds is 6. The minimum Gasteiger partial charge on any atom is -0.492 e. The Bertz CT molecular complexity index is 504. The van der Waals surface area contributed by atoms with Gasteiger partial charge < -0.3 is 9.30 Å². The van der Waals surface area contributed by atoms with Gasteiger partial charge in [0.15, 0.2) is 0 Å². The highest BCUT2D eigenvalue weighted by atomic mass is 16.5. The molecule has 2 aromatic rings. The van der Waals surface area contributed by atoms with Gasteiger partial charge in [-0.05, 0) is 26.1 Å². The van der Waals surface area contributed by atoms with Gasteiger partial charge in [-0.25, -0.2) is 4.98 Å². The minimum atomic E-state index is 0.685. The van der Waals surface area contributed by atoms with E-state index in [1.54, 1.807) is 0 Å². The van der Waals surface area contributed by atoms with Crippen LogP contribution in [0.1, 0.15) is 11.4 Å². The maximum absolute atomic E-state index is 5.71. The predicted octanol–water partition coefficient (Wildman–Crippen LogP) is 2.24. The van der Waals surface area contributed by atoms with Crippen LogP contribution in [0.4, 0.5) is 0 Å². The summed E-state index contributed by atoms with van der Waals surface area (Å²) >= 11 is 0. The van der Waals surface area contributed by atoms with E-state index in [4.69, 9.17) is 4.74 Å². The van der Waals surface area contributed by atoms with Crippen molar-refractivity contribution >= 4 is 0 Å². The van der Waals surface area contributed by atoms with Crippen molar-refractivity contribution in [3.05, 3.63) is 48.0 Å². The summed E-state index contributed by atoms with van der Waals surface area (Å²) in [6.07, 6.45) is 3.79. The van der Waals surface area contributed by atoms with Crippen LogP contribution in [-0.4, -0.2) is 34.7 Å². The molecule has 1 aromatic heterocycles. The fraction of sp³-hybridized carbons (Fsp3) is 0.400. The molecule has 0 saturated heterocycles. The second-order valence-corrected chi connectivity index (χ2v) is 4.85. The van der Waals surface area contributed by atoms with Crippen molar-refractivity contribution in [2.24, 2.45) is 7.05 Å². The van der Waals surface area contributed by atoms with Crippen molar-refractivity contribution in [1.82, 2.24) is 14.5 Å². The molecule has 0 atom stereocenters. The number of aryl methyl sites for hydroxylation is 2. The molecule has 2 rings (SSSR count). The summed E-state index contributed by atoms with van der Waals surface area (Å²) in [4.78, 5) is 6.52. The Morgan fingerprint density at radius 2 is 2.00 bits per heavy atom. The van der Waals surface area contributed by atoms with Crippen LogP contribution in [0.15, 0.2) is 36.7 Å². The maximum Gasteiger partial charge on any atom is 0.122 e. The van der Waals surface area contributed by atoms with Crippen LogP contribution in [0.2, 0.25) is 0 Å². The van der Waals surface area contributed by atoms with Crippen molar-refractivity contribution in [3.8, 4) is 5.75 Å². The van der Waals surface area contributed by atoms with Crippen LogP contribution in [0.3, 0.4) is 0 Å². The van der Waals surface area contributed by atoms with Crippen molar-refractivity contribution < 1.29 is 4.74 Å². The molecule has 0 bridgehead atoms. The van der Waals surface area contributed by atoms with Gasteiger partial charge in [0.05, 0.1) is 6.54 Å². The quantitative estimate of drug-likeness (QED) is 0.797. The van der Waals surface area contributed by atoms with Gasteiger partial charge in [0.1, 0.15) is 18.2 Å². The van der Waals surface area contributed by atoms with Crippen LogP contribution in [0, 0.1) is 6.92 Å².